The molecule has 0 spiro atoms. The standard InChI is InChI=1S/C15H19NO5/c1-15(14(18)19)8-3-9-16(15)13(17)10-21-12-6-4-11(20-2)5-7-12/h4-7H,3,8-10H2,1-2H3,(H,18,19). The number of carboxylic acid groups (broad SMARTS) is 1. The van der Waals surface area contributed by atoms with Gasteiger partial charge in [0.15, 0.2) is 6.61 Å². The quantitative estimate of drug-likeness (QED) is 0.891. The number of likely N-dealkylation sites (tertiary alicyclic amines) is 1. The van der Waals surface area contributed by atoms with Gasteiger partial charge in [-0.3, -0.25) is 4.79 Å². The number of carbonyl (C=O) groups excluding carboxylic acids is 1. The molecule has 1 heterocycles. The smallest absolute Gasteiger partial charge is 0.329 e. The number of rotatable bonds is 5. The van der Waals surface area contributed by atoms with Crippen LogP contribution in [0.1, 0.15) is 19.8 Å². The van der Waals surface area contributed by atoms with Gasteiger partial charge in [0, 0.05) is 6.54 Å². The number of hydrogen-bond acceptors (Lipinski definition) is 4. The van der Waals surface area contributed by atoms with Crippen molar-refractivity contribution in [3.63, 3.8) is 0 Å². The summed E-state index contributed by atoms with van der Waals surface area (Å²) in [5, 5.41) is 9.29. The fraction of sp³-hybridized carbons (Fsp3) is 0.467. The SMILES string of the molecule is COc1ccc(OCC(=O)N2CCCC2(C)C(=O)O)cc1. The van der Waals surface area contributed by atoms with E-state index in [1.54, 1.807) is 38.3 Å². The number of methoxy groups -OCH3 is 1. The van der Waals surface area contributed by atoms with Gasteiger partial charge in [-0.05, 0) is 44.0 Å². The minimum atomic E-state index is -1.12. The molecule has 0 aromatic heterocycles. The first-order valence-corrected chi connectivity index (χ1v) is 6.78. The van der Waals surface area contributed by atoms with Gasteiger partial charge in [0.1, 0.15) is 17.0 Å². The Bertz CT molecular complexity index is 527. The normalized spacial score (nSPS) is 21.1. The van der Waals surface area contributed by atoms with Crippen LogP contribution in [0.4, 0.5) is 0 Å². The molecule has 0 radical (unpaired) electrons. The number of aliphatic carboxylic acids is 1. The first-order valence-electron chi connectivity index (χ1n) is 6.78. The number of amides is 1. The Labute approximate surface area is 123 Å². The van der Waals surface area contributed by atoms with Crippen LogP contribution in [0.2, 0.25) is 0 Å². The van der Waals surface area contributed by atoms with Gasteiger partial charge in [0.25, 0.3) is 5.91 Å². The van der Waals surface area contributed by atoms with E-state index in [4.69, 9.17) is 9.47 Å². The second-order valence-electron chi connectivity index (χ2n) is 5.19. The summed E-state index contributed by atoms with van der Waals surface area (Å²) in [6.07, 6.45) is 1.16. The van der Waals surface area contributed by atoms with E-state index in [-0.39, 0.29) is 12.5 Å². The third-order valence-corrected chi connectivity index (χ3v) is 3.82. The summed E-state index contributed by atoms with van der Waals surface area (Å²) in [5.74, 6) is -0.0435. The maximum absolute atomic E-state index is 12.2. The Morgan fingerprint density at radius 3 is 2.48 bits per heavy atom. The Hall–Kier alpha value is -2.24. The predicted octanol–water partition coefficient (Wildman–Crippen LogP) is 1.54. The zero-order valence-corrected chi connectivity index (χ0v) is 12.2. The highest BCUT2D eigenvalue weighted by Gasteiger charge is 2.45. The van der Waals surface area contributed by atoms with Crippen molar-refractivity contribution >= 4 is 11.9 Å². The van der Waals surface area contributed by atoms with E-state index < -0.39 is 11.5 Å². The monoisotopic (exact) mass is 293 g/mol. The van der Waals surface area contributed by atoms with Crippen LogP contribution < -0.4 is 9.47 Å². The van der Waals surface area contributed by atoms with Crippen LogP contribution in [0.5, 0.6) is 11.5 Å². The second kappa shape index (κ2) is 6.03. The molecular weight excluding hydrogens is 274 g/mol. The van der Waals surface area contributed by atoms with E-state index in [0.29, 0.717) is 30.9 Å². The van der Waals surface area contributed by atoms with Crippen LogP contribution in [0.3, 0.4) is 0 Å². The molecule has 1 aromatic rings. The molecule has 21 heavy (non-hydrogen) atoms. The average molecular weight is 293 g/mol. The molecule has 1 fully saturated rings. The Balaban J connectivity index is 1.96. The predicted molar refractivity (Wildman–Crippen MR) is 75.5 cm³/mol. The van der Waals surface area contributed by atoms with Crippen LogP contribution in [-0.2, 0) is 9.59 Å². The molecule has 1 N–H and O–H groups in total. The van der Waals surface area contributed by atoms with Crippen molar-refractivity contribution in [3.05, 3.63) is 24.3 Å². The molecule has 1 aliphatic heterocycles. The molecular formula is C15H19NO5. The number of carboxylic acids is 1. The largest absolute Gasteiger partial charge is 0.497 e. The summed E-state index contributed by atoms with van der Waals surface area (Å²) in [6.45, 7) is 1.86. The van der Waals surface area contributed by atoms with Gasteiger partial charge < -0.3 is 19.5 Å². The molecule has 0 aliphatic carbocycles. The molecule has 1 unspecified atom stereocenters. The van der Waals surface area contributed by atoms with E-state index in [1.807, 2.05) is 0 Å². The van der Waals surface area contributed by atoms with Crippen LogP contribution in [0.15, 0.2) is 24.3 Å². The highest BCUT2D eigenvalue weighted by Crippen LogP contribution is 2.29. The highest BCUT2D eigenvalue weighted by molar-refractivity contribution is 5.88. The molecule has 6 nitrogen and oxygen atoms in total. The van der Waals surface area contributed by atoms with Crippen LogP contribution in [0, 0.1) is 0 Å². The first kappa shape index (κ1) is 15.2. The van der Waals surface area contributed by atoms with Gasteiger partial charge in [-0.15, -0.1) is 0 Å². The molecule has 114 valence electrons. The van der Waals surface area contributed by atoms with Gasteiger partial charge in [-0.1, -0.05) is 0 Å². The Kier molecular flexibility index (Phi) is 4.35. The summed E-state index contributed by atoms with van der Waals surface area (Å²) < 4.78 is 10.4. The van der Waals surface area contributed by atoms with Gasteiger partial charge in [0.05, 0.1) is 7.11 Å². The van der Waals surface area contributed by atoms with Crippen molar-refractivity contribution in [2.45, 2.75) is 25.3 Å². The molecule has 1 aliphatic rings. The summed E-state index contributed by atoms with van der Waals surface area (Å²) in [4.78, 5) is 24.9. The number of hydrogen-bond donors (Lipinski definition) is 1. The summed E-state index contributed by atoms with van der Waals surface area (Å²) in [6, 6.07) is 6.87. The first-order chi connectivity index (χ1) is 9.97. The summed E-state index contributed by atoms with van der Waals surface area (Å²) in [7, 11) is 1.57. The van der Waals surface area contributed by atoms with Crippen molar-refractivity contribution < 1.29 is 24.2 Å². The van der Waals surface area contributed by atoms with Crippen molar-refractivity contribution in [2.24, 2.45) is 0 Å². The van der Waals surface area contributed by atoms with E-state index in [0.717, 1.165) is 0 Å². The highest BCUT2D eigenvalue weighted by atomic mass is 16.5. The number of benzene rings is 1. The van der Waals surface area contributed by atoms with Crippen LogP contribution in [-0.4, -0.2) is 47.7 Å². The molecule has 6 heteroatoms. The molecule has 0 saturated carbocycles. The average Bonchev–Trinajstić information content (AvgIpc) is 2.89. The molecule has 0 bridgehead atoms. The second-order valence-corrected chi connectivity index (χ2v) is 5.19. The Morgan fingerprint density at radius 1 is 1.29 bits per heavy atom. The summed E-state index contributed by atoms with van der Waals surface area (Å²) >= 11 is 0. The lowest BCUT2D eigenvalue weighted by Gasteiger charge is -2.31. The van der Waals surface area contributed by atoms with Crippen LogP contribution in [0.25, 0.3) is 0 Å². The van der Waals surface area contributed by atoms with Gasteiger partial charge in [0.2, 0.25) is 0 Å². The lowest BCUT2D eigenvalue weighted by atomic mass is 9.99. The third kappa shape index (κ3) is 3.09. The number of ether oxygens (including phenoxy) is 2. The zero-order chi connectivity index (χ0) is 15.5. The zero-order valence-electron chi connectivity index (χ0n) is 12.2. The minimum absolute atomic E-state index is 0.171. The number of nitrogens with zero attached hydrogens (tertiary/aromatic N) is 1. The van der Waals surface area contributed by atoms with Crippen molar-refractivity contribution in [1.29, 1.82) is 0 Å². The Morgan fingerprint density at radius 2 is 1.90 bits per heavy atom. The lowest BCUT2D eigenvalue weighted by Crippen LogP contribution is -2.52. The number of carbonyl (C=O) groups is 2. The van der Waals surface area contributed by atoms with E-state index in [1.165, 1.54) is 4.90 Å². The van der Waals surface area contributed by atoms with Crippen molar-refractivity contribution in [3.8, 4) is 11.5 Å². The third-order valence-electron chi connectivity index (χ3n) is 3.82. The maximum atomic E-state index is 12.2. The molecule has 1 atom stereocenters. The van der Waals surface area contributed by atoms with E-state index in [2.05, 4.69) is 0 Å². The summed E-state index contributed by atoms with van der Waals surface area (Å²) in [5.41, 5.74) is -1.12. The topological polar surface area (TPSA) is 76.1 Å². The lowest BCUT2D eigenvalue weighted by molar-refractivity contribution is -0.156. The fourth-order valence-corrected chi connectivity index (χ4v) is 2.48. The fourth-order valence-electron chi connectivity index (χ4n) is 2.48. The van der Waals surface area contributed by atoms with Crippen molar-refractivity contribution in [2.75, 3.05) is 20.3 Å². The van der Waals surface area contributed by atoms with E-state index >= 15 is 0 Å². The molecule has 1 aromatic carbocycles. The van der Waals surface area contributed by atoms with Gasteiger partial charge >= 0.3 is 5.97 Å². The van der Waals surface area contributed by atoms with Gasteiger partial charge in [-0.2, -0.15) is 0 Å². The molecule has 1 amide bonds. The van der Waals surface area contributed by atoms with Crippen molar-refractivity contribution in [1.82, 2.24) is 4.90 Å². The molecule has 2 rings (SSSR count). The maximum Gasteiger partial charge on any atom is 0.329 e. The minimum Gasteiger partial charge on any atom is -0.497 e. The molecule has 1 saturated heterocycles. The van der Waals surface area contributed by atoms with Crippen LogP contribution >= 0.6 is 0 Å². The van der Waals surface area contributed by atoms with Gasteiger partial charge in [-0.25, -0.2) is 4.79 Å². The van der Waals surface area contributed by atoms with E-state index in [9.17, 15) is 14.7 Å².